The van der Waals surface area contributed by atoms with Crippen LogP contribution in [-0.2, 0) is 4.79 Å². The lowest BCUT2D eigenvalue weighted by molar-refractivity contribution is -0.116. The molecule has 0 saturated heterocycles. The van der Waals surface area contributed by atoms with Gasteiger partial charge in [-0.3, -0.25) is 4.79 Å². The molecule has 0 bridgehead atoms. The molecule has 1 aliphatic heterocycles. The third-order valence-corrected chi connectivity index (χ3v) is 3.12. The standard InChI is InChI=1S/C10H8BrClFNO2/c11-6-3-9-8(4-7(6)13)14(1-2-16-9)10(15)5-12/h3-4H,1-2,5H2. The molecule has 0 spiro atoms. The van der Waals surface area contributed by atoms with Crippen molar-refractivity contribution in [3.63, 3.8) is 0 Å². The maximum absolute atomic E-state index is 13.4. The van der Waals surface area contributed by atoms with E-state index in [1.807, 2.05) is 0 Å². The van der Waals surface area contributed by atoms with Gasteiger partial charge in [-0.2, -0.15) is 0 Å². The van der Waals surface area contributed by atoms with Crippen LogP contribution < -0.4 is 9.64 Å². The number of carbonyl (C=O) groups excluding carboxylic acids is 1. The topological polar surface area (TPSA) is 29.5 Å². The van der Waals surface area contributed by atoms with Crippen molar-refractivity contribution in [1.29, 1.82) is 0 Å². The Labute approximate surface area is 105 Å². The van der Waals surface area contributed by atoms with Gasteiger partial charge in [0.1, 0.15) is 24.1 Å². The molecule has 86 valence electrons. The van der Waals surface area contributed by atoms with Crippen molar-refractivity contribution < 1.29 is 13.9 Å². The largest absolute Gasteiger partial charge is 0.489 e. The Hall–Kier alpha value is -0.810. The van der Waals surface area contributed by atoms with E-state index in [0.717, 1.165) is 0 Å². The van der Waals surface area contributed by atoms with Gasteiger partial charge in [-0.25, -0.2) is 4.39 Å². The molecule has 0 aliphatic carbocycles. The molecule has 0 fully saturated rings. The number of halogens is 3. The summed E-state index contributed by atoms with van der Waals surface area (Å²) in [5, 5.41) is 0. The molecule has 2 rings (SSSR count). The third kappa shape index (κ3) is 2.01. The van der Waals surface area contributed by atoms with E-state index in [-0.39, 0.29) is 11.8 Å². The van der Waals surface area contributed by atoms with Gasteiger partial charge in [0, 0.05) is 6.07 Å². The minimum Gasteiger partial charge on any atom is -0.489 e. The molecule has 0 unspecified atom stereocenters. The predicted molar refractivity (Wildman–Crippen MR) is 62.7 cm³/mol. The van der Waals surface area contributed by atoms with E-state index in [1.165, 1.54) is 17.0 Å². The van der Waals surface area contributed by atoms with Crippen LogP contribution in [-0.4, -0.2) is 24.9 Å². The van der Waals surface area contributed by atoms with Gasteiger partial charge in [-0.05, 0) is 22.0 Å². The molecule has 1 aromatic carbocycles. The molecule has 0 saturated carbocycles. The number of carbonyl (C=O) groups is 1. The summed E-state index contributed by atoms with van der Waals surface area (Å²) in [7, 11) is 0. The number of hydrogen-bond donors (Lipinski definition) is 0. The second kappa shape index (κ2) is 4.59. The normalized spacial score (nSPS) is 14.3. The van der Waals surface area contributed by atoms with Gasteiger partial charge in [-0.15, -0.1) is 11.6 Å². The highest BCUT2D eigenvalue weighted by Gasteiger charge is 2.24. The first kappa shape index (κ1) is 11.7. The van der Waals surface area contributed by atoms with Crippen molar-refractivity contribution in [3.05, 3.63) is 22.4 Å². The maximum Gasteiger partial charge on any atom is 0.242 e. The van der Waals surface area contributed by atoms with Crippen molar-refractivity contribution in [2.24, 2.45) is 0 Å². The van der Waals surface area contributed by atoms with E-state index >= 15 is 0 Å². The summed E-state index contributed by atoms with van der Waals surface area (Å²) in [6.45, 7) is 0.771. The monoisotopic (exact) mass is 307 g/mol. The number of nitrogens with zero attached hydrogens (tertiary/aromatic N) is 1. The maximum atomic E-state index is 13.4. The van der Waals surface area contributed by atoms with Gasteiger partial charge in [0.15, 0.2) is 0 Å². The first-order chi connectivity index (χ1) is 7.63. The number of benzene rings is 1. The summed E-state index contributed by atoms with van der Waals surface area (Å²) < 4.78 is 19.0. The zero-order valence-corrected chi connectivity index (χ0v) is 10.5. The van der Waals surface area contributed by atoms with Gasteiger partial charge in [0.25, 0.3) is 0 Å². The highest BCUT2D eigenvalue weighted by atomic mass is 79.9. The van der Waals surface area contributed by atoms with E-state index in [4.69, 9.17) is 16.3 Å². The average molecular weight is 309 g/mol. The predicted octanol–water partition coefficient (Wildman–Crippen LogP) is 2.55. The molecule has 1 aliphatic rings. The third-order valence-electron chi connectivity index (χ3n) is 2.28. The Bertz CT molecular complexity index is 441. The number of anilines is 1. The molecule has 3 nitrogen and oxygen atoms in total. The molecule has 16 heavy (non-hydrogen) atoms. The van der Waals surface area contributed by atoms with Crippen LogP contribution in [0.5, 0.6) is 5.75 Å². The van der Waals surface area contributed by atoms with Crippen LogP contribution in [0.4, 0.5) is 10.1 Å². The second-order valence-corrected chi connectivity index (χ2v) is 4.38. The van der Waals surface area contributed by atoms with E-state index in [2.05, 4.69) is 15.9 Å². The lowest BCUT2D eigenvalue weighted by Crippen LogP contribution is -2.38. The summed E-state index contributed by atoms with van der Waals surface area (Å²) in [6, 6.07) is 2.78. The van der Waals surface area contributed by atoms with Crippen LogP contribution >= 0.6 is 27.5 Å². The lowest BCUT2D eigenvalue weighted by Gasteiger charge is -2.29. The second-order valence-electron chi connectivity index (χ2n) is 3.26. The first-order valence-corrected chi connectivity index (χ1v) is 5.94. The lowest BCUT2D eigenvalue weighted by atomic mass is 10.2. The number of hydrogen-bond acceptors (Lipinski definition) is 2. The fraction of sp³-hybridized carbons (Fsp3) is 0.300. The molecular formula is C10H8BrClFNO2. The Morgan fingerprint density at radius 1 is 1.62 bits per heavy atom. The van der Waals surface area contributed by atoms with Gasteiger partial charge in [0.05, 0.1) is 16.7 Å². The van der Waals surface area contributed by atoms with Crippen molar-refractivity contribution in [3.8, 4) is 5.75 Å². The molecular weight excluding hydrogens is 300 g/mol. The smallest absolute Gasteiger partial charge is 0.242 e. The summed E-state index contributed by atoms with van der Waals surface area (Å²) in [5.74, 6) is -0.334. The summed E-state index contributed by atoms with van der Waals surface area (Å²) in [5.41, 5.74) is 0.428. The molecule has 1 heterocycles. The van der Waals surface area contributed by atoms with Gasteiger partial charge in [-0.1, -0.05) is 0 Å². The number of rotatable bonds is 1. The van der Waals surface area contributed by atoms with E-state index < -0.39 is 5.82 Å². The number of fused-ring (bicyclic) bond motifs is 1. The highest BCUT2D eigenvalue weighted by molar-refractivity contribution is 9.10. The number of ether oxygens (including phenoxy) is 1. The molecule has 0 atom stereocenters. The van der Waals surface area contributed by atoms with Crippen LogP contribution in [0, 0.1) is 5.82 Å². The van der Waals surface area contributed by atoms with Crippen LogP contribution in [0.15, 0.2) is 16.6 Å². The van der Waals surface area contributed by atoms with E-state index in [9.17, 15) is 9.18 Å². The molecule has 1 aromatic rings. The average Bonchev–Trinajstić information content (AvgIpc) is 2.29. The van der Waals surface area contributed by atoms with Gasteiger partial charge < -0.3 is 9.64 Å². The van der Waals surface area contributed by atoms with Crippen molar-refractivity contribution >= 4 is 39.1 Å². The van der Waals surface area contributed by atoms with Crippen LogP contribution in [0.2, 0.25) is 0 Å². The van der Waals surface area contributed by atoms with Crippen LogP contribution in [0.3, 0.4) is 0 Å². The SMILES string of the molecule is O=C(CCl)N1CCOc2cc(Br)c(F)cc21. The molecule has 1 amide bonds. The Morgan fingerprint density at radius 2 is 2.38 bits per heavy atom. The summed E-state index contributed by atoms with van der Waals surface area (Å²) in [6.07, 6.45) is 0. The van der Waals surface area contributed by atoms with E-state index in [1.54, 1.807) is 0 Å². The minimum atomic E-state index is -0.434. The molecule has 0 N–H and O–H groups in total. The Kier molecular flexibility index (Phi) is 3.35. The minimum absolute atomic E-state index is 0.128. The molecule has 6 heteroatoms. The quantitative estimate of drug-likeness (QED) is 0.746. The van der Waals surface area contributed by atoms with Crippen molar-refractivity contribution in [1.82, 2.24) is 0 Å². The fourth-order valence-electron chi connectivity index (χ4n) is 1.54. The fourth-order valence-corrected chi connectivity index (χ4v) is 2.01. The number of amides is 1. The Morgan fingerprint density at radius 3 is 3.06 bits per heavy atom. The van der Waals surface area contributed by atoms with Gasteiger partial charge in [0.2, 0.25) is 5.91 Å². The molecule has 0 aromatic heterocycles. The number of alkyl halides is 1. The van der Waals surface area contributed by atoms with E-state index in [0.29, 0.717) is 29.1 Å². The van der Waals surface area contributed by atoms with Crippen molar-refractivity contribution in [2.75, 3.05) is 23.9 Å². The first-order valence-electron chi connectivity index (χ1n) is 4.61. The van der Waals surface area contributed by atoms with Crippen LogP contribution in [0.25, 0.3) is 0 Å². The summed E-state index contributed by atoms with van der Waals surface area (Å²) in [4.78, 5) is 13.0. The zero-order valence-electron chi connectivity index (χ0n) is 8.17. The van der Waals surface area contributed by atoms with Crippen molar-refractivity contribution in [2.45, 2.75) is 0 Å². The van der Waals surface area contributed by atoms with Crippen LogP contribution in [0.1, 0.15) is 0 Å². The van der Waals surface area contributed by atoms with Gasteiger partial charge >= 0.3 is 0 Å². The highest BCUT2D eigenvalue weighted by Crippen LogP contribution is 2.35. The molecule has 0 radical (unpaired) electrons. The summed E-state index contributed by atoms with van der Waals surface area (Å²) >= 11 is 8.55. The zero-order chi connectivity index (χ0) is 11.7. The Balaban J connectivity index is 2.45.